The minimum Gasteiger partial charge on any atom is -0.491 e. The molecule has 0 heterocycles. The molecule has 140 valence electrons. The highest BCUT2D eigenvalue weighted by Gasteiger charge is 2.06. The number of hydrogen-bond acceptors (Lipinski definition) is 4. The van der Waals surface area contributed by atoms with E-state index < -0.39 is 0 Å². The van der Waals surface area contributed by atoms with Gasteiger partial charge in [0.15, 0.2) is 0 Å². The average molecular weight is 357 g/mol. The van der Waals surface area contributed by atoms with Crippen LogP contribution in [0, 0.1) is 0 Å². The zero-order chi connectivity index (χ0) is 18.8. The maximum atomic E-state index is 12.1. The SMILES string of the molecule is COCCOc1ccc(NC(=O)NCc2ccccc2CN(C)C)cc1. The van der Waals surface area contributed by atoms with Crippen molar-refractivity contribution < 1.29 is 14.3 Å². The predicted octanol–water partition coefficient (Wildman–Crippen LogP) is 3.10. The molecule has 26 heavy (non-hydrogen) atoms. The number of urea groups is 1. The lowest BCUT2D eigenvalue weighted by atomic mass is 10.1. The highest BCUT2D eigenvalue weighted by Crippen LogP contribution is 2.16. The summed E-state index contributed by atoms with van der Waals surface area (Å²) in [4.78, 5) is 14.2. The summed E-state index contributed by atoms with van der Waals surface area (Å²) < 4.78 is 10.4. The van der Waals surface area contributed by atoms with E-state index in [0.29, 0.717) is 25.4 Å². The number of nitrogens with one attached hydrogen (secondary N) is 2. The van der Waals surface area contributed by atoms with Gasteiger partial charge in [-0.25, -0.2) is 4.79 Å². The molecular formula is C20H27N3O3. The molecule has 2 aromatic rings. The van der Waals surface area contributed by atoms with E-state index in [1.165, 1.54) is 5.56 Å². The van der Waals surface area contributed by atoms with Gasteiger partial charge < -0.3 is 25.0 Å². The molecule has 0 radical (unpaired) electrons. The summed E-state index contributed by atoms with van der Waals surface area (Å²) in [6.07, 6.45) is 0. The Kier molecular flexibility index (Phi) is 7.92. The molecular weight excluding hydrogens is 330 g/mol. The van der Waals surface area contributed by atoms with Crippen LogP contribution in [-0.4, -0.2) is 45.3 Å². The first-order valence-corrected chi connectivity index (χ1v) is 8.56. The van der Waals surface area contributed by atoms with Crippen molar-refractivity contribution in [2.75, 3.05) is 39.7 Å². The summed E-state index contributed by atoms with van der Waals surface area (Å²) in [6.45, 7) is 2.35. The van der Waals surface area contributed by atoms with Gasteiger partial charge in [0.1, 0.15) is 12.4 Å². The molecule has 0 saturated heterocycles. The van der Waals surface area contributed by atoms with Gasteiger partial charge in [0.25, 0.3) is 0 Å². The third kappa shape index (κ3) is 6.74. The molecule has 0 aliphatic carbocycles. The minimum absolute atomic E-state index is 0.238. The van der Waals surface area contributed by atoms with Gasteiger partial charge in [0.05, 0.1) is 6.61 Å². The first kappa shape index (κ1) is 19.8. The molecule has 6 heteroatoms. The maximum Gasteiger partial charge on any atom is 0.319 e. The zero-order valence-corrected chi connectivity index (χ0v) is 15.6. The Morgan fingerprint density at radius 3 is 2.35 bits per heavy atom. The maximum absolute atomic E-state index is 12.1. The molecule has 0 aliphatic heterocycles. The van der Waals surface area contributed by atoms with Crippen molar-refractivity contribution in [3.8, 4) is 5.75 Å². The van der Waals surface area contributed by atoms with Gasteiger partial charge in [-0.05, 0) is 49.5 Å². The average Bonchev–Trinajstić information content (AvgIpc) is 2.62. The van der Waals surface area contributed by atoms with Crippen LogP contribution in [0.25, 0.3) is 0 Å². The number of amides is 2. The van der Waals surface area contributed by atoms with Crippen LogP contribution in [0.4, 0.5) is 10.5 Å². The van der Waals surface area contributed by atoms with Crippen molar-refractivity contribution in [1.82, 2.24) is 10.2 Å². The molecule has 0 atom stereocenters. The van der Waals surface area contributed by atoms with Crippen LogP contribution < -0.4 is 15.4 Å². The Labute approximate surface area is 155 Å². The van der Waals surface area contributed by atoms with Crippen LogP contribution in [0.15, 0.2) is 48.5 Å². The fourth-order valence-corrected chi connectivity index (χ4v) is 2.45. The van der Waals surface area contributed by atoms with Crippen molar-refractivity contribution in [2.45, 2.75) is 13.1 Å². The Hall–Kier alpha value is -2.57. The summed E-state index contributed by atoms with van der Waals surface area (Å²) in [5, 5.41) is 5.73. The molecule has 2 rings (SSSR count). The normalized spacial score (nSPS) is 10.6. The molecule has 0 fully saturated rings. The highest BCUT2D eigenvalue weighted by atomic mass is 16.5. The molecule has 2 N–H and O–H groups in total. The van der Waals surface area contributed by atoms with E-state index >= 15 is 0 Å². The quantitative estimate of drug-likeness (QED) is 0.677. The third-order valence-corrected chi connectivity index (χ3v) is 3.71. The van der Waals surface area contributed by atoms with Crippen LogP contribution in [0.5, 0.6) is 5.75 Å². The topological polar surface area (TPSA) is 62.8 Å². The molecule has 2 amide bonds. The number of rotatable bonds is 9. The standard InChI is InChI=1S/C20H27N3O3/c1-23(2)15-17-7-5-4-6-16(17)14-21-20(24)22-18-8-10-19(11-9-18)26-13-12-25-3/h4-11H,12-15H2,1-3H3,(H2,21,22,24). The van der Waals surface area contributed by atoms with Crippen molar-refractivity contribution in [3.63, 3.8) is 0 Å². The second-order valence-corrected chi connectivity index (χ2v) is 6.18. The Morgan fingerprint density at radius 2 is 1.69 bits per heavy atom. The Morgan fingerprint density at radius 1 is 1.00 bits per heavy atom. The highest BCUT2D eigenvalue weighted by molar-refractivity contribution is 5.89. The number of ether oxygens (including phenoxy) is 2. The van der Waals surface area contributed by atoms with E-state index in [1.807, 2.05) is 56.6 Å². The van der Waals surface area contributed by atoms with Crippen LogP contribution in [0.2, 0.25) is 0 Å². The summed E-state index contributed by atoms with van der Waals surface area (Å²) >= 11 is 0. The summed E-state index contributed by atoms with van der Waals surface area (Å²) in [7, 11) is 5.69. The van der Waals surface area contributed by atoms with E-state index in [4.69, 9.17) is 9.47 Å². The van der Waals surface area contributed by atoms with Crippen molar-refractivity contribution >= 4 is 11.7 Å². The van der Waals surface area contributed by atoms with Gasteiger partial charge in [-0.15, -0.1) is 0 Å². The van der Waals surface area contributed by atoms with E-state index in [9.17, 15) is 4.79 Å². The van der Waals surface area contributed by atoms with E-state index in [2.05, 4.69) is 21.6 Å². The summed E-state index contributed by atoms with van der Waals surface area (Å²) in [5.74, 6) is 0.741. The van der Waals surface area contributed by atoms with Crippen molar-refractivity contribution in [2.24, 2.45) is 0 Å². The molecule has 0 spiro atoms. The smallest absolute Gasteiger partial charge is 0.319 e. The lowest BCUT2D eigenvalue weighted by Gasteiger charge is -2.15. The van der Waals surface area contributed by atoms with Crippen molar-refractivity contribution in [1.29, 1.82) is 0 Å². The number of carbonyl (C=O) groups excluding carboxylic acids is 1. The van der Waals surface area contributed by atoms with Crippen molar-refractivity contribution in [3.05, 3.63) is 59.7 Å². The van der Waals surface area contributed by atoms with Gasteiger partial charge in [-0.3, -0.25) is 0 Å². The van der Waals surface area contributed by atoms with Crippen LogP contribution >= 0.6 is 0 Å². The molecule has 0 aromatic heterocycles. The summed E-state index contributed by atoms with van der Waals surface area (Å²) in [6, 6.07) is 15.1. The first-order chi connectivity index (χ1) is 12.6. The van der Waals surface area contributed by atoms with Gasteiger partial charge in [-0.1, -0.05) is 24.3 Å². The number of anilines is 1. The van der Waals surface area contributed by atoms with Crippen LogP contribution in [0.3, 0.4) is 0 Å². The lowest BCUT2D eigenvalue weighted by molar-refractivity contribution is 0.146. The second kappa shape index (κ2) is 10.4. The first-order valence-electron chi connectivity index (χ1n) is 8.56. The largest absolute Gasteiger partial charge is 0.491 e. The fourth-order valence-electron chi connectivity index (χ4n) is 2.45. The Bertz CT molecular complexity index is 687. The minimum atomic E-state index is -0.238. The third-order valence-electron chi connectivity index (χ3n) is 3.71. The number of nitrogens with zero attached hydrogens (tertiary/aromatic N) is 1. The fraction of sp³-hybridized carbons (Fsp3) is 0.350. The second-order valence-electron chi connectivity index (χ2n) is 6.18. The van der Waals surface area contributed by atoms with E-state index in [-0.39, 0.29) is 6.03 Å². The number of hydrogen-bond donors (Lipinski definition) is 2. The number of methoxy groups -OCH3 is 1. The molecule has 0 unspecified atom stereocenters. The molecule has 0 bridgehead atoms. The van der Waals surface area contributed by atoms with Crippen LogP contribution in [0.1, 0.15) is 11.1 Å². The van der Waals surface area contributed by atoms with Gasteiger partial charge in [0, 0.05) is 25.9 Å². The van der Waals surface area contributed by atoms with Gasteiger partial charge >= 0.3 is 6.03 Å². The predicted molar refractivity (Wildman–Crippen MR) is 104 cm³/mol. The molecule has 2 aromatic carbocycles. The zero-order valence-electron chi connectivity index (χ0n) is 15.6. The Balaban J connectivity index is 1.84. The molecule has 0 aliphatic rings. The monoisotopic (exact) mass is 357 g/mol. The lowest BCUT2D eigenvalue weighted by Crippen LogP contribution is -2.28. The van der Waals surface area contributed by atoms with E-state index in [0.717, 1.165) is 17.9 Å². The molecule has 6 nitrogen and oxygen atoms in total. The van der Waals surface area contributed by atoms with Gasteiger partial charge in [-0.2, -0.15) is 0 Å². The number of carbonyl (C=O) groups is 1. The molecule has 0 saturated carbocycles. The van der Waals surface area contributed by atoms with Crippen LogP contribution in [-0.2, 0) is 17.8 Å². The number of benzene rings is 2. The van der Waals surface area contributed by atoms with E-state index in [1.54, 1.807) is 7.11 Å². The summed E-state index contributed by atoms with van der Waals surface area (Å²) in [5.41, 5.74) is 3.02. The van der Waals surface area contributed by atoms with Gasteiger partial charge in [0.2, 0.25) is 0 Å².